The van der Waals surface area contributed by atoms with E-state index < -0.39 is 6.43 Å². The number of rotatable bonds is 6. The van der Waals surface area contributed by atoms with Crippen LogP contribution in [0, 0.1) is 6.92 Å². The van der Waals surface area contributed by atoms with Crippen molar-refractivity contribution in [3.05, 3.63) is 35.4 Å². The third-order valence-corrected chi connectivity index (χ3v) is 2.91. The van der Waals surface area contributed by atoms with Crippen molar-refractivity contribution in [2.45, 2.75) is 33.0 Å². The summed E-state index contributed by atoms with van der Waals surface area (Å²) in [6, 6.07) is 1.93. The summed E-state index contributed by atoms with van der Waals surface area (Å²) >= 11 is 0. The average molecular weight is 306 g/mol. The van der Waals surface area contributed by atoms with Crippen LogP contribution in [0.4, 0.5) is 8.78 Å². The van der Waals surface area contributed by atoms with E-state index in [0.717, 1.165) is 17.0 Å². The van der Waals surface area contributed by atoms with Gasteiger partial charge >= 0.3 is 0 Å². The van der Waals surface area contributed by atoms with Crippen LogP contribution in [0.5, 0.6) is 0 Å². The minimum Gasteiger partial charge on any atom is -0.307 e. The Morgan fingerprint density at radius 2 is 2.10 bits per heavy atom. The summed E-state index contributed by atoms with van der Waals surface area (Å²) < 4.78 is 27.7. The normalized spacial score (nSPS) is 10.8. The van der Waals surface area contributed by atoms with Gasteiger partial charge in [0.1, 0.15) is 6.54 Å². The molecule has 8 heteroatoms. The summed E-state index contributed by atoms with van der Waals surface area (Å²) in [5, 5.41) is 11.4. The molecule has 2 rings (SSSR count). The molecule has 0 unspecified atom stereocenters. The van der Waals surface area contributed by atoms with Crippen molar-refractivity contribution >= 4 is 12.4 Å². The molecule has 0 saturated carbocycles. The van der Waals surface area contributed by atoms with Crippen molar-refractivity contribution in [1.29, 1.82) is 0 Å². The van der Waals surface area contributed by atoms with E-state index >= 15 is 0 Å². The van der Waals surface area contributed by atoms with Crippen molar-refractivity contribution in [3.63, 3.8) is 0 Å². The second kappa shape index (κ2) is 7.35. The Morgan fingerprint density at radius 3 is 2.70 bits per heavy atom. The number of aryl methyl sites for hydroxylation is 1. The number of aromatic nitrogens is 4. The molecular formula is C12H18ClF2N5. The van der Waals surface area contributed by atoms with Gasteiger partial charge in [0.25, 0.3) is 6.43 Å². The average Bonchev–Trinajstić information content (AvgIpc) is 2.89. The predicted molar refractivity (Wildman–Crippen MR) is 74.0 cm³/mol. The van der Waals surface area contributed by atoms with E-state index in [1.807, 2.05) is 19.3 Å². The number of hydrogen-bond acceptors (Lipinski definition) is 3. The topological polar surface area (TPSA) is 47.7 Å². The van der Waals surface area contributed by atoms with E-state index in [-0.39, 0.29) is 19.0 Å². The van der Waals surface area contributed by atoms with Gasteiger partial charge in [-0.05, 0) is 13.0 Å². The summed E-state index contributed by atoms with van der Waals surface area (Å²) in [6.45, 7) is 2.67. The fraction of sp³-hybridized carbons (Fsp3) is 0.500. The molecule has 0 spiro atoms. The van der Waals surface area contributed by atoms with E-state index in [9.17, 15) is 8.78 Å². The first-order chi connectivity index (χ1) is 9.06. The van der Waals surface area contributed by atoms with Crippen LogP contribution in [0.15, 0.2) is 18.5 Å². The summed E-state index contributed by atoms with van der Waals surface area (Å²) in [4.78, 5) is 0. The van der Waals surface area contributed by atoms with Crippen molar-refractivity contribution in [1.82, 2.24) is 24.9 Å². The molecule has 0 amide bonds. The number of nitrogens with zero attached hydrogens (tertiary/aromatic N) is 4. The van der Waals surface area contributed by atoms with Crippen LogP contribution in [0.1, 0.15) is 17.0 Å². The van der Waals surface area contributed by atoms with E-state index in [4.69, 9.17) is 0 Å². The van der Waals surface area contributed by atoms with E-state index in [1.54, 1.807) is 17.8 Å². The molecule has 0 radical (unpaired) electrons. The van der Waals surface area contributed by atoms with Crippen LogP contribution in [0.2, 0.25) is 0 Å². The van der Waals surface area contributed by atoms with E-state index in [2.05, 4.69) is 15.5 Å². The van der Waals surface area contributed by atoms with Crippen LogP contribution in [0.3, 0.4) is 0 Å². The number of alkyl halides is 2. The fourth-order valence-electron chi connectivity index (χ4n) is 1.86. The molecule has 0 bridgehead atoms. The summed E-state index contributed by atoms with van der Waals surface area (Å²) in [5.41, 5.74) is 2.64. The molecule has 112 valence electrons. The predicted octanol–water partition coefficient (Wildman–Crippen LogP) is 1.90. The van der Waals surface area contributed by atoms with Crippen LogP contribution < -0.4 is 5.32 Å². The van der Waals surface area contributed by atoms with Gasteiger partial charge in [0.15, 0.2) is 0 Å². The molecule has 0 aliphatic heterocycles. The second-order valence-electron chi connectivity index (χ2n) is 4.41. The molecule has 20 heavy (non-hydrogen) atoms. The van der Waals surface area contributed by atoms with Crippen LogP contribution in [0.25, 0.3) is 0 Å². The lowest BCUT2D eigenvalue weighted by Crippen LogP contribution is -2.15. The van der Waals surface area contributed by atoms with E-state index in [0.29, 0.717) is 13.1 Å². The van der Waals surface area contributed by atoms with Crippen molar-refractivity contribution in [2.75, 3.05) is 0 Å². The quantitative estimate of drug-likeness (QED) is 0.887. The van der Waals surface area contributed by atoms with Gasteiger partial charge in [0, 0.05) is 37.6 Å². The maximum Gasteiger partial charge on any atom is 0.257 e. The molecule has 1 N–H and O–H groups in total. The minimum atomic E-state index is -2.38. The maximum absolute atomic E-state index is 12.3. The molecule has 0 fully saturated rings. The summed E-state index contributed by atoms with van der Waals surface area (Å²) in [6.07, 6.45) is 1.12. The van der Waals surface area contributed by atoms with Gasteiger partial charge in [-0.15, -0.1) is 12.4 Å². The molecule has 2 aromatic heterocycles. The zero-order valence-corrected chi connectivity index (χ0v) is 12.2. The first-order valence-corrected chi connectivity index (χ1v) is 6.05. The molecule has 2 aromatic rings. The highest BCUT2D eigenvalue weighted by molar-refractivity contribution is 5.85. The first kappa shape index (κ1) is 16.6. The fourth-order valence-corrected chi connectivity index (χ4v) is 1.86. The van der Waals surface area contributed by atoms with Gasteiger partial charge in [-0.2, -0.15) is 10.2 Å². The highest BCUT2D eigenvalue weighted by Crippen LogP contribution is 2.09. The Bertz CT molecular complexity index is 538. The highest BCUT2D eigenvalue weighted by atomic mass is 35.5. The smallest absolute Gasteiger partial charge is 0.257 e. The lowest BCUT2D eigenvalue weighted by Gasteiger charge is -2.05. The Labute approximate surface area is 122 Å². The maximum atomic E-state index is 12.3. The Balaban J connectivity index is 0.00000200. The zero-order valence-electron chi connectivity index (χ0n) is 11.4. The first-order valence-electron chi connectivity index (χ1n) is 6.05. The molecule has 0 aliphatic rings. The van der Waals surface area contributed by atoms with E-state index in [1.165, 1.54) is 4.68 Å². The van der Waals surface area contributed by atoms with Crippen molar-refractivity contribution in [3.8, 4) is 0 Å². The number of halogens is 3. The minimum absolute atomic E-state index is 0. The molecule has 0 aromatic carbocycles. The summed E-state index contributed by atoms with van der Waals surface area (Å²) in [5.74, 6) is 0. The van der Waals surface area contributed by atoms with Gasteiger partial charge in [-0.1, -0.05) is 0 Å². The molecule has 0 aliphatic carbocycles. The Kier molecular flexibility index (Phi) is 6.09. The molecule has 2 heterocycles. The van der Waals surface area contributed by atoms with Crippen molar-refractivity contribution < 1.29 is 8.78 Å². The van der Waals surface area contributed by atoms with Crippen molar-refractivity contribution in [2.24, 2.45) is 7.05 Å². The molecular weight excluding hydrogens is 288 g/mol. The van der Waals surface area contributed by atoms with Crippen LogP contribution in [-0.2, 0) is 26.7 Å². The standard InChI is InChI=1S/C12H17F2N5.ClH/c1-9-10(6-16-19(9)8-12(13)14)5-15-7-11-3-4-18(2)17-11;/h3-4,6,12,15H,5,7-8H2,1-2H3;1H. The molecule has 5 nitrogen and oxygen atoms in total. The number of hydrogen-bond donors (Lipinski definition) is 1. The molecule has 0 atom stereocenters. The lowest BCUT2D eigenvalue weighted by atomic mass is 10.2. The monoisotopic (exact) mass is 305 g/mol. The third kappa shape index (κ3) is 4.28. The van der Waals surface area contributed by atoms with Gasteiger partial charge in [-0.3, -0.25) is 9.36 Å². The number of nitrogens with one attached hydrogen (secondary N) is 1. The SMILES string of the molecule is Cc1c(CNCc2ccn(C)n2)cnn1CC(F)F.Cl. The second-order valence-corrected chi connectivity index (χ2v) is 4.41. The largest absolute Gasteiger partial charge is 0.307 e. The van der Waals surface area contributed by atoms with Gasteiger partial charge in [0.2, 0.25) is 0 Å². The van der Waals surface area contributed by atoms with Crippen LogP contribution in [-0.4, -0.2) is 26.0 Å². The molecule has 0 saturated heterocycles. The lowest BCUT2D eigenvalue weighted by molar-refractivity contribution is 0.121. The highest BCUT2D eigenvalue weighted by Gasteiger charge is 2.10. The Hall–Kier alpha value is -1.47. The van der Waals surface area contributed by atoms with Gasteiger partial charge < -0.3 is 5.32 Å². The Morgan fingerprint density at radius 1 is 1.35 bits per heavy atom. The summed E-state index contributed by atoms with van der Waals surface area (Å²) in [7, 11) is 1.86. The third-order valence-electron chi connectivity index (χ3n) is 2.91. The van der Waals surface area contributed by atoms with Crippen LogP contribution >= 0.6 is 12.4 Å². The zero-order chi connectivity index (χ0) is 13.8. The van der Waals surface area contributed by atoms with Gasteiger partial charge in [-0.25, -0.2) is 8.78 Å². The van der Waals surface area contributed by atoms with Gasteiger partial charge in [0.05, 0.1) is 11.9 Å².